The Balaban J connectivity index is 1.75. The van der Waals surface area contributed by atoms with E-state index in [2.05, 4.69) is 5.32 Å². The van der Waals surface area contributed by atoms with Gasteiger partial charge in [-0.1, -0.05) is 42.5 Å². The van der Waals surface area contributed by atoms with Gasteiger partial charge in [0.1, 0.15) is 5.75 Å². The lowest BCUT2D eigenvalue weighted by atomic mass is 10.1. The second-order valence-corrected chi connectivity index (χ2v) is 7.42. The van der Waals surface area contributed by atoms with Gasteiger partial charge in [0.05, 0.1) is 19.9 Å². The molecule has 7 nitrogen and oxygen atoms in total. The molecule has 7 heteroatoms. The Hall–Kier alpha value is -4.00. The van der Waals surface area contributed by atoms with Crippen LogP contribution in [0.15, 0.2) is 66.7 Å². The molecule has 0 aliphatic rings. The highest BCUT2D eigenvalue weighted by atomic mass is 16.6. The van der Waals surface area contributed by atoms with Crippen LogP contribution in [0.5, 0.6) is 17.2 Å². The molecular formula is C26H27NO6. The summed E-state index contributed by atoms with van der Waals surface area (Å²) < 4.78 is 21.7. The number of amides is 1. The molecule has 0 saturated carbocycles. The lowest BCUT2D eigenvalue weighted by Gasteiger charge is -2.19. The van der Waals surface area contributed by atoms with Crippen molar-refractivity contribution in [2.75, 3.05) is 26.1 Å². The number of carbonyl (C=O) groups excluding carboxylic acids is 2. The summed E-state index contributed by atoms with van der Waals surface area (Å²) in [5.41, 5.74) is 2.96. The predicted octanol–water partition coefficient (Wildman–Crippen LogP) is 4.62. The van der Waals surface area contributed by atoms with Crippen LogP contribution in [0.2, 0.25) is 0 Å². The maximum Gasteiger partial charge on any atom is 0.345 e. The zero-order chi connectivity index (χ0) is 23.8. The Morgan fingerprint density at radius 3 is 2.12 bits per heavy atom. The highest BCUT2D eigenvalue weighted by Gasteiger charge is 2.26. The minimum absolute atomic E-state index is 0.385. The first-order valence-corrected chi connectivity index (χ1v) is 10.4. The first kappa shape index (κ1) is 23.7. The second-order valence-electron chi connectivity index (χ2n) is 7.42. The zero-order valence-electron chi connectivity index (χ0n) is 19.1. The van der Waals surface area contributed by atoms with Crippen LogP contribution >= 0.6 is 0 Å². The Morgan fingerprint density at radius 2 is 1.45 bits per heavy atom. The third-order valence-electron chi connectivity index (χ3n) is 4.87. The molecule has 0 fully saturated rings. The summed E-state index contributed by atoms with van der Waals surface area (Å²) in [5, 5.41) is 2.80. The van der Waals surface area contributed by atoms with Crippen LogP contribution in [0.4, 0.5) is 5.69 Å². The largest absolute Gasteiger partial charge is 0.495 e. The topological polar surface area (TPSA) is 83.1 Å². The van der Waals surface area contributed by atoms with Crippen LogP contribution in [0, 0.1) is 13.8 Å². The summed E-state index contributed by atoms with van der Waals surface area (Å²) >= 11 is 0. The van der Waals surface area contributed by atoms with Gasteiger partial charge in [-0.3, -0.25) is 4.79 Å². The number of aryl methyl sites for hydroxylation is 2. The molecule has 0 bridgehead atoms. The van der Waals surface area contributed by atoms with Gasteiger partial charge < -0.3 is 24.3 Å². The van der Waals surface area contributed by atoms with Crippen LogP contribution in [-0.4, -0.2) is 32.7 Å². The van der Waals surface area contributed by atoms with Gasteiger partial charge in [-0.25, -0.2) is 4.79 Å². The molecule has 0 heterocycles. The summed E-state index contributed by atoms with van der Waals surface area (Å²) in [6.07, 6.45) is -1.17. The molecule has 3 aromatic carbocycles. The van der Waals surface area contributed by atoms with E-state index in [4.69, 9.17) is 18.9 Å². The molecule has 0 aliphatic heterocycles. The molecule has 33 heavy (non-hydrogen) atoms. The molecule has 0 aliphatic carbocycles. The first-order chi connectivity index (χ1) is 15.9. The van der Waals surface area contributed by atoms with E-state index in [-0.39, 0.29) is 6.61 Å². The molecule has 0 saturated heterocycles. The van der Waals surface area contributed by atoms with E-state index in [0.29, 0.717) is 28.5 Å². The average molecular weight is 450 g/mol. The van der Waals surface area contributed by atoms with E-state index >= 15 is 0 Å². The van der Waals surface area contributed by atoms with Crippen LogP contribution in [-0.2, 0) is 14.3 Å². The van der Waals surface area contributed by atoms with E-state index in [0.717, 1.165) is 11.1 Å². The number of rotatable bonds is 9. The summed E-state index contributed by atoms with van der Waals surface area (Å²) in [7, 11) is 3.04. The first-order valence-electron chi connectivity index (χ1n) is 10.4. The maximum absolute atomic E-state index is 13.1. The van der Waals surface area contributed by atoms with Crippen molar-refractivity contribution in [2.45, 2.75) is 20.0 Å². The van der Waals surface area contributed by atoms with Gasteiger partial charge in [-0.15, -0.1) is 0 Å². The number of hydrogen-bond acceptors (Lipinski definition) is 6. The number of esters is 1. The Bertz CT molecular complexity index is 1110. The van der Waals surface area contributed by atoms with Crippen LogP contribution in [0.25, 0.3) is 0 Å². The highest BCUT2D eigenvalue weighted by Crippen LogP contribution is 2.29. The molecule has 1 atom stereocenters. The van der Waals surface area contributed by atoms with E-state index in [1.54, 1.807) is 48.5 Å². The number of benzene rings is 3. The van der Waals surface area contributed by atoms with Gasteiger partial charge in [0.2, 0.25) is 6.10 Å². The van der Waals surface area contributed by atoms with Crippen molar-refractivity contribution in [2.24, 2.45) is 0 Å². The quantitative estimate of drug-likeness (QED) is 0.480. The number of carbonyl (C=O) groups is 2. The van der Waals surface area contributed by atoms with E-state index in [1.807, 2.05) is 32.0 Å². The molecule has 0 unspecified atom stereocenters. The molecule has 3 rings (SSSR count). The fourth-order valence-electron chi connectivity index (χ4n) is 3.21. The SMILES string of the molecule is COc1ccc(C)cc1NC(=O)[C@H](OC(=O)COc1ccc(C)cc1OC)c1ccccc1. The van der Waals surface area contributed by atoms with E-state index in [1.165, 1.54) is 14.2 Å². The third kappa shape index (κ3) is 6.26. The summed E-state index contributed by atoms with van der Waals surface area (Å²) in [5.74, 6) is 0.211. The van der Waals surface area contributed by atoms with Crippen molar-refractivity contribution in [1.82, 2.24) is 0 Å². The fourth-order valence-corrected chi connectivity index (χ4v) is 3.21. The van der Waals surface area contributed by atoms with Gasteiger partial charge in [-0.2, -0.15) is 0 Å². The maximum atomic E-state index is 13.1. The Labute approximate surface area is 193 Å². The summed E-state index contributed by atoms with van der Waals surface area (Å²) in [6, 6.07) is 19.6. The van der Waals surface area contributed by atoms with Gasteiger partial charge in [0, 0.05) is 5.56 Å². The molecule has 1 N–H and O–H groups in total. The monoisotopic (exact) mass is 449 g/mol. The third-order valence-corrected chi connectivity index (χ3v) is 4.87. The molecule has 1 amide bonds. The standard InChI is InChI=1S/C26H27NO6/c1-17-10-12-21(30-3)20(14-17)27-26(29)25(19-8-6-5-7-9-19)33-24(28)16-32-22-13-11-18(2)15-23(22)31-4/h5-15,25H,16H2,1-4H3,(H,27,29)/t25-/m1/s1. The van der Waals surface area contributed by atoms with Gasteiger partial charge >= 0.3 is 5.97 Å². The molecular weight excluding hydrogens is 422 g/mol. The lowest BCUT2D eigenvalue weighted by molar-refractivity contribution is -0.156. The van der Waals surface area contributed by atoms with Crippen molar-refractivity contribution >= 4 is 17.6 Å². The van der Waals surface area contributed by atoms with Crippen molar-refractivity contribution in [3.05, 3.63) is 83.4 Å². The average Bonchev–Trinajstić information content (AvgIpc) is 2.82. The van der Waals surface area contributed by atoms with Crippen LogP contribution < -0.4 is 19.5 Å². The highest BCUT2D eigenvalue weighted by molar-refractivity contribution is 5.97. The summed E-state index contributed by atoms with van der Waals surface area (Å²) in [4.78, 5) is 25.7. The number of ether oxygens (including phenoxy) is 4. The molecule has 172 valence electrons. The van der Waals surface area contributed by atoms with Gasteiger partial charge in [0.25, 0.3) is 5.91 Å². The second kappa shape index (κ2) is 11.0. The van der Waals surface area contributed by atoms with E-state index in [9.17, 15) is 9.59 Å². The van der Waals surface area contributed by atoms with E-state index < -0.39 is 18.0 Å². The Morgan fingerprint density at radius 1 is 0.818 bits per heavy atom. The fraction of sp³-hybridized carbons (Fsp3) is 0.231. The molecule has 3 aromatic rings. The smallest absolute Gasteiger partial charge is 0.345 e. The lowest BCUT2D eigenvalue weighted by Crippen LogP contribution is -2.28. The van der Waals surface area contributed by atoms with Crippen molar-refractivity contribution in [1.29, 1.82) is 0 Å². The normalized spacial score (nSPS) is 11.3. The van der Waals surface area contributed by atoms with Crippen molar-refractivity contribution in [3.63, 3.8) is 0 Å². The Kier molecular flexibility index (Phi) is 7.91. The zero-order valence-corrected chi connectivity index (χ0v) is 19.1. The molecule has 0 radical (unpaired) electrons. The van der Waals surface area contributed by atoms with Crippen molar-refractivity contribution in [3.8, 4) is 17.2 Å². The molecule has 0 aromatic heterocycles. The van der Waals surface area contributed by atoms with Gasteiger partial charge in [0.15, 0.2) is 18.1 Å². The molecule has 0 spiro atoms. The number of hydrogen-bond donors (Lipinski definition) is 1. The predicted molar refractivity (Wildman–Crippen MR) is 125 cm³/mol. The number of methoxy groups -OCH3 is 2. The minimum atomic E-state index is -1.17. The van der Waals surface area contributed by atoms with Gasteiger partial charge in [-0.05, 0) is 49.2 Å². The van der Waals surface area contributed by atoms with Crippen LogP contribution in [0.1, 0.15) is 22.8 Å². The van der Waals surface area contributed by atoms with Crippen LogP contribution in [0.3, 0.4) is 0 Å². The van der Waals surface area contributed by atoms with Crippen molar-refractivity contribution < 1.29 is 28.5 Å². The summed E-state index contributed by atoms with van der Waals surface area (Å²) in [6.45, 7) is 3.44. The minimum Gasteiger partial charge on any atom is -0.495 e. The number of anilines is 1. The number of nitrogens with one attached hydrogen (secondary N) is 1.